The molecule has 0 aliphatic heterocycles. The lowest BCUT2D eigenvalue weighted by atomic mass is 10.0. The summed E-state index contributed by atoms with van der Waals surface area (Å²) in [6.07, 6.45) is 0. The van der Waals surface area contributed by atoms with Crippen molar-refractivity contribution in [2.24, 2.45) is 0 Å². The van der Waals surface area contributed by atoms with Crippen LogP contribution in [0.25, 0.3) is 0 Å². The predicted molar refractivity (Wildman–Crippen MR) is 69.4 cm³/mol. The van der Waals surface area contributed by atoms with Crippen LogP contribution in [0.3, 0.4) is 0 Å². The molecule has 0 bridgehead atoms. The number of ketones is 1. The maximum Gasteiger partial charge on any atom is 0.199 e. The Kier molecular flexibility index (Phi) is 3.80. The molecule has 0 saturated carbocycles. The van der Waals surface area contributed by atoms with Gasteiger partial charge in [-0.05, 0) is 24.3 Å². The number of ether oxygens (including phenoxy) is 2. The van der Waals surface area contributed by atoms with E-state index in [4.69, 9.17) is 9.47 Å². The number of carbonyl (C=O) groups excluding carboxylic acids is 1. The molecule has 19 heavy (non-hydrogen) atoms. The van der Waals surface area contributed by atoms with E-state index in [2.05, 4.69) is 0 Å². The van der Waals surface area contributed by atoms with Crippen LogP contribution in [0.2, 0.25) is 0 Å². The number of hydrogen-bond donors (Lipinski definition) is 0. The summed E-state index contributed by atoms with van der Waals surface area (Å²) in [6.45, 7) is 0. The first-order chi connectivity index (χ1) is 9.19. The highest BCUT2D eigenvalue weighted by Gasteiger charge is 2.20. The molecule has 0 heterocycles. The van der Waals surface area contributed by atoms with Gasteiger partial charge in [0.15, 0.2) is 17.3 Å². The van der Waals surface area contributed by atoms with E-state index in [1.54, 1.807) is 24.3 Å². The van der Waals surface area contributed by atoms with E-state index in [1.165, 1.54) is 32.4 Å². The molecule has 0 aliphatic rings. The van der Waals surface area contributed by atoms with E-state index in [9.17, 15) is 9.18 Å². The van der Waals surface area contributed by atoms with Gasteiger partial charge >= 0.3 is 0 Å². The molecule has 0 aromatic heterocycles. The van der Waals surface area contributed by atoms with Crippen molar-refractivity contribution in [1.82, 2.24) is 0 Å². The van der Waals surface area contributed by atoms with E-state index < -0.39 is 11.6 Å². The van der Waals surface area contributed by atoms with Crippen molar-refractivity contribution in [3.8, 4) is 11.5 Å². The number of carbonyl (C=O) groups is 1. The third-order valence-electron chi connectivity index (χ3n) is 2.77. The summed E-state index contributed by atoms with van der Waals surface area (Å²) in [5, 5.41) is 0. The SMILES string of the molecule is COc1cccc(C(=O)c2ccccc2F)c1OC. The van der Waals surface area contributed by atoms with Crippen LogP contribution in [0.4, 0.5) is 4.39 Å². The second-order valence-electron chi connectivity index (χ2n) is 3.85. The Balaban J connectivity index is 2.54. The summed E-state index contributed by atoms with van der Waals surface area (Å²) < 4.78 is 24.0. The summed E-state index contributed by atoms with van der Waals surface area (Å²) in [4.78, 5) is 12.3. The Hall–Kier alpha value is -2.36. The number of methoxy groups -OCH3 is 2. The predicted octanol–water partition coefficient (Wildman–Crippen LogP) is 3.07. The van der Waals surface area contributed by atoms with Crippen LogP contribution < -0.4 is 9.47 Å². The van der Waals surface area contributed by atoms with Gasteiger partial charge in [-0.3, -0.25) is 4.79 Å². The number of hydrogen-bond acceptors (Lipinski definition) is 3. The van der Waals surface area contributed by atoms with Gasteiger partial charge in [-0.25, -0.2) is 4.39 Å². The molecule has 0 radical (unpaired) electrons. The maximum absolute atomic E-state index is 13.7. The second-order valence-corrected chi connectivity index (χ2v) is 3.85. The first-order valence-electron chi connectivity index (χ1n) is 5.69. The molecular weight excluding hydrogens is 247 g/mol. The monoisotopic (exact) mass is 260 g/mol. The van der Waals surface area contributed by atoms with E-state index >= 15 is 0 Å². The van der Waals surface area contributed by atoms with Crippen molar-refractivity contribution in [2.45, 2.75) is 0 Å². The first kappa shape index (κ1) is 13.1. The molecule has 0 N–H and O–H groups in total. The van der Waals surface area contributed by atoms with E-state index in [0.717, 1.165) is 0 Å². The summed E-state index contributed by atoms with van der Waals surface area (Å²) in [6, 6.07) is 10.8. The van der Waals surface area contributed by atoms with Crippen molar-refractivity contribution in [1.29, 1.82) is 0 Å². The number of benzene rings is 2. The van der Waals surface area contributed by atoms with Crippen LogP contribution in [-0.2, 0) is 0 Å². The summed E-state index contributed by atoms with van der Waals surface area (Å²) in [7, 11) is 2.92. The van der Waals surface area contributed by atoms with Gasteiger partial charge in [-0.2, -0.15) is 0 Å². The Bertz CT molecular complexity index is 608. The van der Waals surface area contributed by atoms with Gasteiger partial charge < -0.3 is 9.47 Å². The summed E-state index contributed by atoms with van der Waals surface area (Å²) in [5.74, 6) is -0.255. The Morgan fingerprint density at radius 3 is 2.26 bits per heavy atom. The largest absolute Gasteiger partial charge is 0.493 e. The molecule has 98 valence electrons. The summed E-state index contributed by atoms with van der Waals surface area (Å²) >= 11 is 0. The Labute approximate surface area is 110 Å². The molecule has 2 rings (SSSR count). The van der Waals surface area contributed by atoms with Crippen LogP contribution in [0.5, 0.6) is 11.5 Å². The van der Waals surface area contributed by atoms with Gasteiger partial charge in [0, 0.05) is 0 Å². The van der Waals surface area contributed by atoms with Crippen molar-refractivity contribution < 1.29 is 18.7 Å². The van der Waals surface area contributed by atoms with Gasteiger partial charge in [0.25, 0.3) is 0 Å². The van der Waals surface area contributed by atoms with Crippen molar-refractivity contribution >= 4 is 5.78 Å². The van der Waals surface area contributed by atoms with Gasteiger partial charge in [0.05, 0.1) is 25.3 Å². The molecule has 0 unspecified atom stereocenters. The Morgan fingerprint density at radius 1 is 0.947 bits per heavy atom. The smallest absolute Gasteiger partial charge is 0.199 e. The zero-order chi connectivity index (χ0) is 13.8. The maximum atomic E-state index is 13.7. The Morgan fingerprint density at radius 2 is 1.63 bits per heavy atom. The average Bonchev–Trinajstić information content (AvgIpc) is 2.46. The molecule has 0 atom stereocenters. The average molecular weight is 260 g/mol. The fourth-order valence-electron chi connectivity index (χ4n) is 1.86. The van der Waals surface area contributed by atoms with E-state index in [1.807, 2.05) is 0 Å². The van der Waals surface area contributed by atoms with E-state index in [-0.39, 0.29) is 11.1 Å². The van der Waals surface area contributed by atoms with Crippen LogP contribution in [0.1, 0.15) is 15.9 Å². The molecule has 0 fully saturated rings. The quantitative estimate of drug-likeness (QED) is 0.792. The fraction of sp³-hybridized carbons (Fsp3) is 0.133. The fourth-order valence-corrected chi connectivity index (χ4v) is 1.86. The highest BCUT2D eigenvalue weighted by Crippen LogP contribution is 2.32. The molecule has 3 nitrogen and oxygen atoms in total. The topological polar surface area (TPSA) is 35.5 Å². The standard InChI is InChI=1S/C15H13FO3/c1-18-13-9-5-7-11(15(13)19-2)14(17)10-6-3-4-8-12(10)16/h3-9H,1-2H3. The molecule has 0 saturated heterocycles. The van der Waals surface area contributed by atoms with Crippen molar-refractivity contribution in [2.75, 3.05) is 14.2 Å². The van der Waals surface area contributed by atoms with Crippen LogP contribution >= 0.6 is 0 Å². The van der Waals surface area contributed by atoms with Crippen LogP contribution in [0.15, 0.2) is 42.5 Å². The van der Waals surface area contributed by atoms with E-state index in [0.29, 0.717) is 11.5 Å². The van der Waals surface area contributed by atoms with Crippen molar-refractivity contribution in [3.63, 3.8) is 0 Å². The number of halogens is 1. The number of rotatable bonds is 4. The lowest BCUT2D eigenvalue weighted by molar-refractivity contribution is 0.103. The van der Waals surface area contributed by atoms with Gasteiger partial charge in [-0.15, -0.1) is 0 Å². The minimum atomic E-state index is -0.558. The second kappa shape index (κ2) is 5.52. The first-order valence-corrected chi connectivity index (χ1v) is 5.69. The normalized spacial score (nSPS) is 10.1. The molecule has 0 amide bonds. The third kappa shape index (κ3) is 2.42. The minimum absolute atomic E-state index is 0.00838. The zero-order valence-corrected chi connectivity index (χ0v) is 10.6. The lowest BCUT2D eigenvalue weighted by Crippen LogP contribution is -2.07. The van der Waals surface area contributed by atoms with Gasteiger partial charge in [0.2, 0.25) is 0 Å². The third-order valence-corrected chi connectivity index (χ3v) is 2.77. The van der Waals surface area contributed by atoms with Crippen LogP contribution in [-0.4, -0.2) is 20.0 Å². The minimum Gasteiger partial charge on any atom is -0.493 e. The molecule has 0 spiro atoms. The van der Waals surface area contributed by atoms with Gasteiger partial charge in [0.1, 0.15) is 5.82 Å². The van der Waals surface area contributed by atoms with Gasteiger partial charge in [-0.1, -0.05) is 18.2 Å². The molecular formula is C15H13FO3. The molecule has 4 heteroatoms. The molecule has 2 aromatic rings. The van der Waals surface area contributed by atoms with Crippen LogP contribution in [0, 0.1) is 5.82 Å². The zero-order valence-electron chi connectivity index (χ0n) is 10.6. The highest BCUT2D eigenvalue weighted by molar-refractivity contribution is 6.11. The highest BCUT2D eigenvalue weighted by atomic mass is 19.1. The number of para-hydroxylation sites is 1. The molecule has 2 aromatic carbocycles. The van der Waals surface area contributed by atoms with Crippen molar-refractivity contribution in [3.05, 3.63) is 59.4 Å². The molecule has 0 aliphatic carbocycles. The lowest BCUT2D eigenvalue weighted by Gasteiger charge is -2.11. The summed E-state index contributed by atoms with van der Waals surface area (Å²) in [5.41, 5.74) is 0.279.